The number of halogens is 1. The highest BCUT2D eigenvalue weighted by Crippen LogP contribution is 2.31. The van der Waals surface area contributed by atoms with Crippen LogP contribution in [-0.4, -0.2) is 22.9 Å². The molecule has 0 unspecified atom stereocenters. The lowest BCUT2D eigenvalue weighted by molar-refractivity contribution is 0.338. The second-order valence-electron chi connectivity index (χ2n) is 5.53. The van der Waals surface area contributed by atoms with Gasteiger partial charge in [0.05, 0.1) is 12.2 Å². The van der Waals surface area contributed by atoms with Crippen molar-refractivity contribution in [1.29, 1.82) is 0 Å². The Morgan fingerprint density at radius 1 is 1.20 bits per heavy atom. The lowest BCUT2D eigenvalue weighted by Crippen LogP contribution is -2.30. The zero-order valence-corrected chi connectivity index (χ0v) is 13.6. The van der Waals surface area contributed by atoms with E-state index in [1.54, 1.807) is 0 Å². The molecule has 1 aliphatic heterocycles. The molecular formula is C16H20BrN3. The molecule has 1 N–H and O–H groups in total. The quantitative estimate of drug-likeness (QED) is 0.904. The van der Waals surface area contributed by atoms with Crippen molar-refractivity contribution in [2.24, 2.45) is 0 Å². The predicted molar refractivity (Wildman–Crippen MR) is 86.0 cm³/mol. The molecule has 2 heterocycles. The Hall–Kier alpha value is -1.13. The summed E-state index contributed by atoms with van der Waals surface area (Å²) in [7, 11) is 0. The number of nitrogens with one attached hydrogen (secondary N) is 1. The zero-order chi connectivity index (χ0) is 14.1. The molecule has 3 rings (SSSR count). The van der Waals surface area contributed by atoms with E-state index < -0.39 is 0 Å². The van der Waals surface area contributed by atoms with Gasteiger partial charge in [-0.25, -0.2) is 0 Å². The van der Waals surface area contributed by atoms with Crippen LogP contribution in [0.15, 0.2) is 28.9 Å². The third-order valence-electron chi connectivity index (χ3n) is 4.18. The predicted octanol–water partition coefficient (Wildman–Crippen LogP) is 3.85. The first-order valence-electron chi connectivity index (χ1n) is 7.18. The van der Waals surface area contributed by atoms with Gasteiger partial charge in [-0.1, -0.05) is 22.0 Å². The van der Waals surface area contributed by atoms with Crippen LogP contribution in [0.25, 0.3) is 11.1 Å². The first-order valence-corrected chi connectivity index (χ1v) is 7.97. The molecule has 0 atom stereocenters. The average molecular weight is 334 g/mol. The Kier molecular flexibility index (Phi) is 3.94. The van der Waals surface area contributed by atoms with Crippen molar-refractivity contribution in [3.8, 4) is 11.1 Å². The molecule has 20 heavy (non-hydrogen) atoms. The van der Waals surface area contributed by atoms with Crippen LogP contribution in [-0.2, 0) is 0 Å². The van der Waals surface area contributed by atoms with E-state index in [2.05, 4.69) is 63.1 Å². The minimum Gasteiger partial charge on any atom is -0.317 e. The van der Waals surface area contributed by atoms with Crippen molar-refractivity contribution in [3.05, 3.63) is 40.1 Å². The van der Waals surface area contributed by atoms with Gasteiger partial charge in [0.1, 0.15) is 0 Å². The van der Waals surface area contributed by atoms with Crippen LogP contribution in [0.2, 0.25) is 0 Å². The van der Waals surface area contributed by atoms with Crippen LogP contribution < -0.4 is 5.32 Å². The molecule has 0 saturated carbocycles. The first-order chi connectivity index (χ1) is 9.66. The van der Waals surface area contributed by atoms with Crippen LogP contribution in [0.1, 0.15) is 30.1 Å². The third kappa shape index (κ3) is 2.54. The number of aryl methyl sites for hydroxylation is 1. The molecule has 0 aliphatic carbocycles. The van der Waals surface area contributed by atoms with E-state index in [0.717, 1.165) is 17.6 Å². The maximum atomic E-state index is 4.66. The van der Waals surface area contributed by atoms with Crippen LogP contribution in [0.5, 0.6) is 0 Å². The molecule has 2 aromatic rings. The van der Waals surface area contributed by atoms with Gasteiger partial charge in [-0.2, -0.15) is 5.10 Å². The molecule has 3 nitrogen and oxygen atoms in total. The molecule has 0 amide bonds. The molecule has 1 saturated heterocycles. The largest absolute Gasteiger partial charge is 0.317 e. The smallest absolute Gasteiger partial charge is 0.0571 e. The maximum Gasteiger partial charge on any atom is 0.0571 e. The van der Waals surface area contributed by atoms with Gasteiger partial charge >= 0.3 is 0 Å². The third-order valence-corrected chi connectivity index (χ3v) is 4.67. The van der Waals surface area contributed by atoms with E-state index in [1.807, 2.05) is 6.20 Å². The van der Waals surface area contributed by atoms with E-state index in [4.69, 9.17) is 0 Å². The molecule has 1 aromatic heterocycles. The number of hydrogen-bond donors (Lipinski definition) is 1. The van der Waals surface area contributed by atoms with Crippen LogP contribution in [0.4, 0.5) is 0 Å². The van der Waals surface area contributed by atoms with E-state index in [1.165, 1.54) is 35.2 Å². The Labute approximate surface area is 128 Å². The summed E-state index contributed by atoms with van der Waals surface area (Å²) in [5.74, 6) is 0. The molecule has 0 spiro atoms. The Morgan fingerprint density at radius 3 is 2.65 bits per heavy atom. The number of rotatable bonds is 2. The fourth-order valence-corrected chi connectivity index (χ4v) is 3.51. The topological polar surface area (TPSA) is 29.9 Å². The number of piperidine rings is 1. The lowest BCUT2D eigenvalue weighted by Gasteiger charge is -2.24. The minimum absolute atomic E-state index is 0.542. The maximum absolute atomic E-state index is 4.66. The van der Waals surface area contributed by atoms with E-state index in [-0.39, 0.29) is 0 Å². The fraction of sp³-hybridized carbons (Fsp3) is 0.438. The van der Waals surface area contributed by atoms with Crippen molar-refractivity contribution in [1.82, 2.24) is 15.1 Å². The molecule has 1 fully saturated rings. The second-order valence-corrected chi connectivity index (χ2v) is 6.44. The minimum atomic E-state index is 0.542. The highest BCUT2D eigenvalue weighted by atomic mass is 79.9. The van der Waals surface area contributed by atoms with Gasteiger partial charge < -0.3 is 5.32 Å². The van der Waals surface area contributed by atoms with Crippen molar-refractivity contribution >= 4 is 15.9 Å². The van der Waals surface area contributed by atoms with Crippen molar-refractivity contribution in [2.45, 2.75) is 32.7 Å². The first kappa shape index (κ1) is 13.8. The average Bonchev–Trinajstić information content (AvgIpc) is 2.82. The van der Waals surface area contributed by atoms with Gasteiger partial charge in [0.15, 0.2) is 0 Å². The highest BCUT2D eigenvalue weighted by Gasteiger charge is 2.19. The molecule has 4 heteroatoms. The standard InChI is InChI=1S/C16H20BrN3/c1-11-9-13(17)3-4-15(11)16-10-19-20(12(16)2)14-5-7-18-8-6-14/h3-4,9-10,14,18H,5-8H2,1-2H3. The van der Waals surface area contributed by atoms with E-state index in [0.29, 0.717) is 6.04 Å². The summed E-state index contributed by atoms with van der Waals surface area (Å²) in [5.41, 5.74) is 5.11. The highest BCUT2D eigenvalue weighted by molar-refractivity contribution is 9.10. The lowest BCUT2D eigenvalue weighted by atomic mass is 10.0. The molecule has 1 aliphatic rings. The molecule has 0 bridgehead atoms. The summed E-state index contributed by atoms with van der Waals surface area (Å²) in [6.07, 6.45) is 4.36. The van der Waals surface area contributed by atoms with Crippen LogP contribution >= 0.6 is 15.9 Å². The number of hydrogen-bond acceptors (Lipinski definition) is 2. The van der Waals surface area contributed by atoms with Crippen LogP contribution in [0.3, 0.4) is 0 Å². The monoisotopic (exact) mass is 333 g/mol. The Bertz CT molecular complexity index is 612. The summed E-state index contributed by atoms with van der Waals surface area (Å²) >= 11 is 3.53. The van der Waals surface area contributed by atoms with E-state index in [9.17, 15) is 0 Å². The second kappa shape index (κ2) is 5.70. The van der Waals surface area contributed by atoms with Gasteiger partial charge in [-0.05, 0) is 63.0 Å². The molecule has 1 aromatic carbocycles. The van der Waals surface area contributed by atoms with Gasteiger partial charge in [0, 0.05) is 15.7 Å². The number of nitrogens with zero attached hydrogens (tertiary/aromatic N) is 2. The Morgan fingerprint density at radius 2 is 1.95 bits per heavy atom. The number of benzene rings is 1. The Balaban J connectivity index is 1.97. The summed E-state index contributed by atoms with van der Waals surface area (Å²) in [6.45, 7) is 6.53. The summed E-state index contributed by atoms with van der Waals surface area (Å²) in [4.78, 5) is 0. The van der Waals surface area contributed by atoms with Gasteiger partial charge in [-0.15, -0.1) is 0 Å². The zero-order valence-electron chi connectivity index (χ0n) is 12.0. The van der Waals surface area contributed by atoms with E-state index >= 15 is 0 Å². The summed E-state index contributed by atoms with van der Waals surface area (Å²) in [6, 6.07) is 6.98. The SMILES string of the molecule is Cc1cc(Br)ccc1-c1cnn(C2CCNCC2)c1C. The summed E-state index contributed by atoms with van der Waals surface area (Å²) < 4.78 is 3.35. The molecular weight excluding hydrogens is 314 g/mol. The molecule has 106 valence electrons. The van der Waals surface area contributed by atoms with Crippen LogP contribution in [0, 0.1) is 13.8 Å². The fourth-order valence-electron chi connectivity index (χ4n) is 3.04. The van der Waals surface area contributed by atoms with Gasteiger partial charge in [0.2, 0.25) is 0 Å². The van der Waals surface area contributed by atoms with Crippen molar-refractivity contribution in [2.75, 3.05) is 13.1 Å². The van der Waals surface area contributed by atoms with Gasteiger partial charge in [-0.3, -0.25) is 4.68 Å². The molecule has 0 radical (unpaired) electrons. The van der Waals surface area contributed by atoms with Gasteiger partial charge in [0.25, 0.3) is 0 Å². The summed E-state index contributed by atoms with van der Waals surface area (Å²) in [5, 5.41) is 8.07. The number of aromatic nitrogens is 2. The van der Waals surface area contributed by atoms with Crippen molar-refractivity contribution in [3.63, 3.8) is 0 Å². The van der Waals surface area contributed by atoms with Crippen molar-refractivity contribution < 1.29 is 0 Å². The normalized spacial score (nSPS) is 16.6.